The van der Waals surface area contributed by atoms with Crippen LogP contribution < -0.4 is 19.1 Å². The van der Waals surface area contributed by atoms with Gasteiger partial charge in [0, 0.05) is 29.9 Å². The van der Waals surface area contributed by atoms with Crippen molar-refractivity contribution in [3.63, 3.8) is 0 Å². The van der Waals surface area contributed by atoms with E-state index in [1.165, 1.54) is 0 Å². The summed E-state index contributed by atoms with van der Waals surface area (Å²) in [6, 6.07) is 20.9. The second-order valence-electron chi connectivity index (χ2n) is 8.41. The van der Waals surface area contributed by atoms with E-state index in [2.05, 4.69) is 4.98 Å². The first kappa shape index (κ1) is 23.4. The van der Waals surface area contributed by atoms with E-state index in [0.29, 0.717) is 35.2 Å². The van der Waals surface area contributed by atoms with Gasteiger partial charge in [-0.15, -0.1) is 0 Å². The van der Waals surface area contributed by atoms with Crippen molar-refractivity contribution in [2.75, 3.05) is 25.7 Å². The molecule has 0 spiro atoms. The molecule has 8 nitrogen and oxygen atoms in total. The molecule has 36 heavy (non-hydrogen) atoms. The van der Waals surface area contributed by atoms with Gasteiger partial charge < -0.3 is 28.4 Å². The number of methoxy groups -OCH3 is 2. The van der Waals surface area contributed by atoms with Crippen LogP contribution in [0.5, 0.6) is 23.0 Å². The van der Waals surface area contributed by atoms with E-state index in [1.807, 2.05) is 65.2 Å². The van der Waals surface area contributed by atoms with Crippen molar-refractivity contribution in [2.24, 2.45) is 0 Å². The molecular weight excluding hydrogens is 458 g/mol. The minimum Gasteiger partial charge on any atom is -0.497 e. The summed E-state index contributed by atoms with van der Waals surface area (Å²) < 4.78 is 24.9. The lowest BCUT2D eigenvalue weighted by atomic mass is 10.1. The van der Waals surface area contributed by atoms with E-state index >= 15 is 0 Å². The summed E-state index contributed by atoms with van der Waals surface area (Å²) in [6.07, 6.45) is 3.52. The number of anilines is 1. The Balaban J connectivity index is 1.52. The van der Waals surface area contributed by atoms with Crippen molar-refractivity contribution in [2.45, 2.75) is 19.7 Å². The fourth-order valence-corrected chi connectivity index (χ4v) is 4.16. The second kappa shape index (κ2) is 10.5. The Morgan fingerprint density at radius 3 is 2.61 bits per heavy atom. The maximum absolute atomic E-state index is 13.5. The number of hydrogen-bond donors (Lipinski definition) is 0. The van der Waals surface area contributed by atoms with Crippen LogP contribution in [0.2, 0.25) is 0 Å². The third kappa shape index (κ3) is 5.18. The highest BCUT2D eigenvalue weighted by Crippen LogP contribution is 2.31. The average molecular weight is 486 g/mol. The first-order valence-electron chi connectivity index (χ1n) is 11.6. The Morgan fingerprint density at radius 2 is 1.78 bits per heavy atom. The van der Waals surface area contributed by atoms with Crippen LogP contribution in [0.15, 0.2) is 79.3 Å². The summed E-state index contributed by atoms with van der Waals surface area (Å²) in [5.41, 5.74) is 3.48. The quantitative estimate of drug-likeness (QED) is 0.413. The molecule has 184 valence electrons. The van der Waals surface area contributed by atoms with Gasteiger partial charge >= 0.3 is 0 Å². The van der Waals surface area contributed by atoms with Crippen LogP contribution in [-0.4, -0.2) is 36.3 Å². The van der Waals surface area contributed by atoms with Gasteiger partial charge in [0.05, 0.1) is 45.6 Å². The van der Waals surface area contributed by atoms with E-state index in [4.69, 9.17) is 18.9 Å². The molecule has 1 amide bonds. The lowest BCUT2D eigenvalue weighted by molar-refractivity contribution is -0.123. The minimum atomic E-state index is -0.188. The molecule has 0 unspecified atom stereocenters. The van der Waals surface area contributed by atoms with Gasteiger partial charge in [-0.1, -0.05) is 18.2 Å². The summed E-state index contributed by atoms with van der Waals surface area (Å²) in [7, 11) is 3.20. The van der Waals surface area contributed by atoms with Gasteiger partial charge in [0.25, 0.3) is 5.91 Å². The lowest BCUT2D eigenvalue weighted by Crippen LogP contribution is -2.33. The summed E-state index contributed by atoms with van der Waals surface area (Å²) in [6.45, 7) is 1.07. The molecule has 3 aromatic carbocycles. The monoisotopic (exact) mass is 485 g/mol. The summed E-state index contributed by atoms with van der Waals surface area (Å²) in [4.78, 5) is 19.4. The topological polar surface area (TPSA) is 75.0 Å². The van der Waals surface area contributed by atoms with Crippen molar-refractivity contribution in [1.29, 1.82) is 0 Å². The van der Waals surface area contributed by atoms with Crippen LogP contribution in [0.3, 0.4) is 0 Å². The highest BCUT2D eigenvalue weighted by molar-refractivity contribution is 5.94. The third-order valence-corrected chi connectivity index (χ3v) is 6.01. The minimum absolute atomic E-state index is 0.0948. The zero-order valence-electron chi connectivity index (χ0n) is 20.2. The molecule has 0 atom stereocenters. The second-order valence-corrected chi connectivity index (χ2v) is 8.41. The van der Waals surface area contributed by atoms with Crippen LogP contribution in [0.1, 0.15) is 16.8 Å². The van der Waals surface area contributed by atoms with Gasteiger partial charge in [-0.2, -0.15) is 0 Å². The average Bonchev–Trinajstić information content (AvgIpc) is 3.33. The zero-order chi connectivity index (χ0) is 24.9. The van der Waals surface area contributed by atoms with Crippen LogP contribution in [0.4, 0.5) is 5.69 Å². The SMILES string of the molecule is COc1ccc(CN2C(=O)COCc3cncn3Cc3cccc(c3)Oc3cccc2c3)c(OC)c1. The van der Waals surface area contributed by atoms with Crippen LogP contribution >= 0.6 is 0 Å². The number of rotatable bonds is 4. The standard InChI is InChI=1S/C28H27N3O5/c1-33-24-10-9-21(27(13-24)34-2)16-31-22-6-4-8-26(12-22)36-25-7-3-5-20(11-25)15-30-19-29-14-23(30)17-35-18-28(31)32/h3-14,19H,15-18H2,1-2H3. The summed E-state index contributed by atoms with van der Waals surface area (Å²) in [5, 5.41) is 0. The van der Waals surface area contributed by atoms with Crippen LogP contribution in [0.25, 0.3) is 0 Å². The molecular formula is C28H27N3O5. The fraction of sp³-hybridized carbons (Fsp3) is 0.214. The van der Waals surface area contributed by atoms with Gasteiger partial charge in [-0.05, 0) is 42.0 Å². The normalized spacial score (nSPS) is 13.7. The summed E-state index contributed by atoms with van der Waals surface area (Å²) >= 11 is 0. The van der Waals surface area contributed by atoms with Gasteiger partial charge in [0.15, 0.2) is 0 Å². The summed E-state index contributed by atoms with van der Waals surface area (Å²) in [5.74, 6) is 2.46. The van der Waals surface area contributed by atoms with Crippen molar-refractivity contribution in [3.8, 4) is 23.0 Å². The number of benzene rings is 3. The van der Waals surface area contributed by atoms with Gasteiger partial charge in [0.2, 0.25) is 0 Å². The van der Waals surface area contributed by atoms with Gasteiger partial charge in [0.1, 0.15) is 29.6 Å². The molecule has 0 N–H and O–H groups in total. The molecule has 0 saturated carbocycles. The molecule has 4 aromatic rings. The number of ether oxygens (including phenoxy) is 4. The number of carbonyl (C=O) groups is 1. The van der Waals surface area contributed by atoms with Crippen molar-refractivity contribution >= 4 is 11.6 Å². The molecule has 0 fully saturated rings. The molecule has 4 bridgehead atoms. The smallest absolute Gasteiger partial charge is 0.253 e. The lowest BCUT2D eigenvalue weighted by Gasteiger charge is -2.24. The predicted octanol–water partition coefficient (Wildman–Crippen LogP) is 4.80. The van der Waals surface area contributed by atoms with E-state index < -0.39 is 0 Å². The first-order valence-corrected chi connectivity index (χ1v) is 11.6. The number of hydrogen-bond acceptors (Lipinski definition) is 6. The Kier molecular flexibility index (Phi) is 6.86. The van der Waals surface area contributed by atoms with Gasteiger partial charge in [-0.3, -0.25) is 4.79 Å². The molecule has 0 aliphatic carbocycles. The van der Waals surface area contributed by atoms with Gasteiger partial charge in [-0.25, -0.2) is 4.98 Å². The number of aromatic nitrogens is 2. The number of nitrogens with zero attached hydrogens (tertiary/aromatic N) is 3. The maximum Gasteiger partial charge on any atom is 0.253 e. The zero-order valence-corrected chi connectivity index (χ0v) is 20.2. The highest BCUT2D eigenvalue weighted by atomic mass is 16.5. The Labute approximate surface area is 209 Å². The maximum atomic E-state index is 13.5. The molecule has 0 saturated heterocycles. The number of imidazole rings is 1. The Hall–Kier alpha value is -4.30. The Morgan fingerprint density at radius 1 is 0.944 bits per heavy atom. The molecule has 8 heteroatoms. The third-order valence-electron chi connectivity index (χ3n) is 6.01. The van der Waals surface area contributed by atoms with Crippen LogP contribution in [0, 0.1) is 0 Å². The number of amides is 1. The number of fused-ring (bicyclic) bond motifs is 5. The van der Waals surface area contributed by atoms with E-state index in [0.717, 1.165) is 16.8 Å². The molecule has 0 radical (unpaired) electrons. The van der Waals surface area contributed by atoms with Crippen LogP contribution in [-0.2, 0) is 29.2 Å². The van der Waals surface area contributed by atoms with E-state index in [1.54, 1.807) is 37.7 Å². The van der Waals surface area contributed by atoms with E-state index in [9.17, 15) is 4.79 Å². The largest absolute Gasteiger partial charge is 0.497 e. The molecule has 1 aliphatic rings. The fourth-order valence-electron chi connectivity index (χ4n) is 4.16. The van der Waals surface area contributed by atoms with Crippen molar-refractivity contribution in [3.05, 3.63) is 96.1 Å². The number of carbonyl (C=O) groups excluding carboxylic acids is 1. The Bertz CT molecular complexity index is 1370. The highest BCUT2D eigenvalue weighted by Gasteiger charge is 2.20. The molecule has 2 heterocycles. The van der Waals surface area contributed by atoms with Crippen molar-refractivity contribution in [1.82, 2.24) is 9.55 Å². The van der Waals surface area contributed by atoms with Crippen molar-refractivity contribution < 1.29 is 23.7 Å². The van der Waals surface area contributed by atoms with E-state index in [-0.39, 0.29) is 25.7 Å². The molecule has 1 aliphatic heterocycles. The first-order chi connectivity index (χ1) is 17.6. The predicted molar refractivity (Wildman–Crippen MR) is 135 cm³/mol. The molecule has 5 rings (SSSR count). The molecule has 1 aromatic heterocycles.